The fourth-order valence-electron chi connectivity index (χ4n) is 1.03. The Kier molecular flexibility index (Phi) is 3.78. The van der Waals surface area contributed by atoms with Crippen molar-refractivity contribution in [3.05, 3.63) is 0 Å². The molecule has 1 fully saturated rings. The third-order valence-electron chi connectivity index (χ3n) is 1.97. The molecule has 0 bridgehead atoms. The molecular weight excluding hydrogens is 258 g/mol. The first-order valence-corrected chi connectivity index (χ1v) is 7.12. The van der Waals surface area contributed by atoms with E-state index in [-0.39, 0.29) is 0 Å². The molecule has 1 heterocycles. The van der Waals surface area contributed by atoms with E-state index in [1.165, 1.54) is 12.8 Å². The number of halogens is 2. The van der Waals surface area contributed by atoms with Crippen LogP contribution in [0.15, 0.2) is 0 Å². The van der Waals surface area contributed by atoms with Gasteiger partial charge in [0.25, 0.3) is 0 Å². The molecule has 0 aromatic carbocycles. The molecule has 0 aromatic heterocycles. The summed E-state index contributed by atoms with van der Waals surface area (Å²) < 4.78 is 2.74. The molecule has 0 saturated carbocycles. The first-order chi connectivity index (χ1) is 4.70. The van der Waals surface area contributed by atoms with Gasteiger partial charge in [-0.2, -0.15) is 0 Å². The normalized spacial score (nSPS) is 30.5. The van der Waals surface area contributed by atoms with Crippen molar-refractivity contribution in [2.45, 2.75) is 36.0 Å². The van der Waals surface area contributed by atoms with Gasteiger partial charge in [0, 0.05) is 0 Å². The van der Waals surface area contributed by atoms with Crippen LogP contribution in [0.2, 0.25) is 0 Å². The van der Waals surface area contributed by atoms with Gasteiger partial charge in [-0.3, -0.25) is 0 Å². The van der Waals surface area contributed by atoms with Gasteiger partial charge >= 0.3 is 79.1 Å². The quantitative estimate of drug-likeness (QED) is 0.479. The van der Waals surface area contributed by atoms with Gasteiger partial charge in [-0.15, -0.1) is 0 Å². The van der Waals surface area contributed by atoms with E-state index in [1.54, 1.807) is 4.43 Å². The molecule has 2 heteroatoms. The summed E-state index contributed by atoms with van der Waals surface area (Å²) in [6.45, 7) is 4.48. The molecule has 10 heavy (non-hydrogen) atoms. The van der Waals surface area contributed by atoms with Crippen molar-refractivity contribution in [1.82, 2.24) is 0 Å². The molecule has 0 amide bonds. The molecule has 1 rings (SSSR count). The first kappa shape index (κ1) is 9.11. The van der Waals surface area contributed by atoms with Crippen molar-refractivity contribution >= 4 is 11.6 Å². The van der Waals surface area contributed by atoms with Gasteiger partial charge in [0.2, 0.25) is 0 Å². The topological polar surface area (TPSA) is 0 Å². The maximum absolute atomic E-state index is 5.86. The minimum absolute atomic E-state index is 0.388. The zero-order valence-corrected chi connectivity index (χ0v) is 9.52. The van der Waals surface area contributed by atoms with E-state index in [2.05, 4.69) is 13.8 Å². The number of hydrogen-bond acceptors (Lipinski definition) is 0. The second kappa shape index (κ2) is 4.15. The van der Waals surface area contributed by atoms with Crippen LogP contribution in [0.5, 0.6) is 0 Å². The Labute approximate surface area is 79.0 Å². The van der Waals surface area contributed by atoms with E-state index in [0.29, 0.717) is 26.6 Å². The summed E-state index contributed by atoms with van der Waals surface area (Å²) in [6.07, 6.45) is 2.57. The molecule has 62 valence electrons. The molecule has 1 saturated heterocycles. The predicted molar refractivity (Wildman–Crippen MR) is 42.4 cm³/mol. The minimum atomic E-state index is 0.388. The molecular formula is C8H15ClI-. The molecule has 3 atom stereocenters. The van der Waals surface area contributed by atoms with Crippen molar-refractivity contribution < 1.29 is 21.2 Å². The van der Waals surface area contributed by atoms with Crippen LogP contribution in [0.1, 0.15) is 26.7 Å². The van der Waals surface area contributed by atoms with E-state index < -0.39 is 0 Å². The summed E-state index contributed by atoms with van der Waals surface area (Å²) in [7, 11) is 0. The van der Waals surface area contributed by atoms with E-state index >= 15 is 0 Å². The number of rotatable bonds is 4. The molecule has 0 spiro atoms. The Morgan fingerprint density at radius 2 is 2.10 bits per heavy atom. The SMILES string of the molecule is CC(Cl)CCC(C)C1C[I-]1. The van der Waals surface area contributed by atoms with Crippen molar-refractivity contribution in [1.29, 1.82) is 0 Å². The Morgan fingerprint density at radius 3 is 2.50 bits per heavy atom. The van der Waals surface area contributed by atoms with Crippen molar-refractivity contribution in [2.24, 2.45) is 5.92 Å². The van der Waals surface area contributed by atoms with E-state index in [9.17, 15) is 0 Å². The van der Waals surface area contributed by atoms with Crippen molar-refractivity contribution in [2.75, 3.05) is 4.43 Å². The van der Waals surface area contributed by atoms with E-state index in [4.69, 9.17) is 11.6 Å². The third-order valence-corrected chi connectivity index (χ3v) is 5.31. The fraction of sp³-hybridized carbons (Fsp3) is 1.00. The van der Waals surface area contributed by atoms with Gasteiger partial charge in [0.05, 0.1) is 0 Å². The summed E-state index contributed by atoms with van der Waals surface area (Å²) in [5, 5.41) is 0.388. The van der Waals surface area contributed by atoms with Gasteiger partial charge in [-0.1, -0.05) is 0 Å². The molecule has 0 nitrogen and oxygen atoms in total. The second-order valence-corrected chi connectivity index (χ2v) is 7.27. The van der Waals surface area contributed by atoms with E-state index in [1.807, 2.05) is 0 Å². The maximum atomic E-state index is 5.86. The second-order valence-electron chi connectivity index (χ2n) is 3.16. The molecule has 0 aromatic rings. The fourth-order valence-corrected chi connectivity index (χ4v) is 3.54. The standard InChI is InChI=1S/C8H15ClI/c1-6(8-5-10-8)3-4-7(2)9/h6-8H,3-5H2,1-2H3/q-1. The van der Waals surface area contributed by atoms with Gasteiger partial charge < -0.3 is 0 Å². The average molecular weight is 274 g/mol. The van der Waals surface area contributed by atoms with Crippen LogP contribution in [0, 0.1) is 5.92 Å². The summed E-state index contributed by atoms with van der Waals surface area (Å²) in [4.78, 5) is 0. The predicted octanol–water partition coefficient (Wildman–Crippen LogP) is -0.499. The van der Waals surface area contributed by atoms with Crippen molar-refractivity contribution in [3.8, 4) is 0 Å². The zero-order valence-electron chi connectivity index (χ0n) is 6.61. The molecule has 1 aliphatic heterocycles. The number of alkyl halides is 3. The molecule has 3 unspecified atom stereocenters. The first-order valence-electron chi connectivity index (χ1n) is 3.92. The Bertz CT molecular complexity index is 99.4. The van der Waals surface area contributed by atoms with E-state index in [0.717, 1.165) is 9.84 Å². The summed E-state index contributed by atoms with van der Waals surface area (Å²) in [5.74, 6) is 0.981. The van der Waals surface area contributed by atoms with Crippen LogP contribution in [0.3, 0.4) is 0 Å². The Balaban J connectivity index is 2.00. The summed E-state index contributed by atoms with van der Waals surface area (Å²) in [6, 6.07) is 0. The summed E-state index contributed by atoms with van der Waals surface area (Å²) in [5.41, 5.74) is 0. The van der Waals surface area contributed by atoms with Crippen LogP contribution < -0.4 is 21.2 Å². The van der Waals surface area contributed by atoms with Gasteiger partial charge in [0.1, 0.15) is 0 Å². The van der Waals surface area contributed by atoms with Crippen molar-refractivity contribution in [3.63, 3.8) is 0 Å². The van der Waals surface area contributed by atoms with Crippen LogP contribution in [-0.4, -0.2) is 13.7 Å². The monoisotopic (exact) mass is 273 g/mol. The Morgan fingerprint density at radius 1 is 1.50 bits per heavy atom. The molecule has 0 radical (unpaired) electrons. The number of hydrogen-bond donors (Lipinski definition) is 0. The summed E-state index contributed by atoms with van der Waals surface area (Å²) >= 11 is 6.51. The van der Waals surface area contributed by atoms with Gasteiger partial charge in [-0.25, -0.2) is 0 Å². The van der Waals surface area contributed by atoms with Gasteiger partial charge in [0.15, 0.2) is 0 Å². The van der Waals surface area contributed by atoms with Gasteiger partial charge in [-0.05, 0) is 0 Å². The average Bonchev–Trinajstić information content (AvgIpc) is 2.63. The molecule has 1 aliphatic rings. The third kappa shape index (κ3) is 3.42. The zero-order chi connectivity index (χ0) is 7.56. The molecule has 0 N–H and O–H groups in total. The van der Waals surface area contributed by atoms with Crippen LogP contribution in [0.4, 0.5) is 0 Å². The van der Waals surface area contributed by atoms with Crippen LogP contribution in [0.25, 0.3) is 0 Å². The molecule has 0 aliphatic carbocycles. The Hall–Kier alpha value is 1.02. The van der Waals surface area contributed by atoms with Crippen LogP contribution >= 0.6 is 11.6 Å². The van der Waals surface area contributed by atoms with Crippen LogP contribution in [-0.2, 0) is 0 Å².